The first-order valence-electron chi connectivity index (χ1n) is 7.02. The van der Waals surface area contributed by atoms with Crippen molar-refractivity contribution in [3.63, 3.8) is 0 Å². The van der Waals surface area contributed by atoms with Gasteiger partial charge in [0.1, 0.15) is 11.9 Å². The minimum atomic E-state index is -0.446. The van der Waals surface area contributed by atoms with E-state index in [-0.39, 0.29) is 12.0 Å². The summed E-state index contributed by atoms with van der Waals surface area (Å²) < 4.78 is 5.80. The van der Waals surface area contributed by atoms with Crippen molar-refractivity contribution in [1.82, 2.24) is 5.32 Å². The fourth-order valence-corrected chi connectivity index (χ4v) is 1.96. The Hall–Kier alpha value is -1.26. The van der Waals surface area contributed by atoms with Crippen LogP contribution in [0.1, 0.15) is 33.1 Å². The van der Waals surface area contributed by atoms with Crippen LogP contribution in [0.3, 0.4) is 0 Å². The molecule has 0 fully saturated rings. The maximum absolute atomic E-state index is 11.8. The summed E-state index contributed by atoms with van der Waals surface area (Å²) in [7, 11) is 0. The van der Waals surface area contributed by atoms with E-state index >= 15 is 0 Å². The summed E-state index contributed by atoms with van der Waals surface area (Å²) in [6.07, 6.45) is 2.23. The van der Waals surface area contributed by atoms with Crippen LogP contribution in [0.4, 0.5) is 0 Å². The lowest BCUT2D eigenvalue weighted by atomic mass is 10.1. The molecule has 3 N–H and O–H groups in total. The van der Waals surface area contributed by atoms with E-state index in [4.69, 9.17) is 22.1 Å². The molecule has 5 heteroatoms. The molecule has 0 saturated heterocycles. The molecule has 0 heterocycles. The summed E-state index contributed by atoms with van der Waals surface area (Å²) in [6.45, 7) is 4.43. The average Bonchev–Trinajstić information content (AvgIpc) is 2.45. The number of rotatable bonds is 8. The number of carbonyl (C=O) groups is 1. The van der Waals surface area contributed by atoms with Gasteiger partial charge in [0.2, 0.25) is 5.91 Å². The summed E-state index contributed by atoms with van der Waals surface area (Å²) in [5.74, 6) is 0.501. The van der Waals surface area contributed by atoms with Gasteiger partial charge < -0.3 is 15.8 Å². The van der Waals surface area contributed by atoms with Crippen LogP contribution in [0.15, 0.2) is 24.3 Å². The predicted octanol–water partition coefficient (Wildman–Crippen LogP) is 2.74. The molecule has 0 aliphatic carbocycles. The van der Waals surface area contributed by atoms with Crippen LogP contribution < -0.4 is 15.8 Å². The van der Waals surface area contributed by atoms with Crippen molar-refractivity contribution in [1.29, 1.82) is 0 Å². The van der Waals surface area contributed by atoms with Crippen LogP contribution in [-0.4, -0.2) is 24.6 Å². The summed E-state index contributed by atoms with van der Waals surface area (Å²) >= 11 is 6.05. The fraction of sp³-hybridized carbons (Fsp3) is 0.533. The molecular weight excluding hydrogens is 276 g/mol. The van der Waals surface area contributed by atoms with E-state index in [1.807, 2.05) is 32.0 Å². The summed E-state index contributed by atoms with van der Waals surface area (Å²) in [4.78, 5) is 11.8. The minimum absolute atomic E-state index is 0.118. The van der Waals surface area contributed by atoms with E-state index in [0.29, 0.717) is 23.7 Å². The van der Waals surface area contributed by atoms with Crippen LogP contribution >= 0.6 is 11.6 Å². The van der Waals surface area contributed by atoms with Gasteiger partial charge in [0.25, 0.3) is 0 Å². The third-order valence-corrected chi connectivity index (χ3v) is 3.34. The van der Waals surface area contributed by atoms with Crippen LogP contribution in [0.2, 0.25) is 5.02 Å². The number of ether oxygens (including phenoxy) is 1. The molecule has 1 aromatic carbocycles. The molecule has 112 valence electrons. The van der Waals surface area contributed by atoms with Crippen LogP contribution in [0, 0.1) is 0 Å². The molecule has 1 rings (SSSR count). The van der Waals surface area contributed by atoms with Gasteiger partial charge in [-0.2, -0.15) is 0 Å². The number of benzene rings is 1. The van der Waals surface area contributed by atoms with Crippen LogP contribution in [0.25, 0.3) is 0 Å². The van der Waals surface area contributed by atoms with Gasteiger partial charge in [0, 0.05) is 0 Å². The first-order valence-corrected chi connectivity index (χ1v) is 7.40. The van der Waals surface area contributed by atoms with Crippen molar-refractivity contribution in [2.75, 3.05) is 6.54 Å². The molecule has 4 nitrogen and oxygen atoms in total. The molecule has 0 spiro atoms. The molecule has 0 aliphatic rings. The first-order chi connectivity index (χ1) is 9.58. The highest BCUT2D eigenvalue weighted by molar-refractivity contribution is 6.32. The number of hydrogen-bond acceptors (Lipinski definition) is 3. The number of nitrogens with two attached hydrogens (primary N) is 1. The topological polar surface area (TPSA) is 64.4 Å². The molecule has 1 aromatic rings. The van der Waals surface area contributed by atoms with E-state index < -0.39 is 6.04 Å². The molecular formula is C15H23ClN2O2. The maximum Gasteiger partial charge on any atom is 0.237 e. The number of carbonyl (C=O) groups excluding carboxylic acids is 1. The summed E-state index contributed by atoms with van der Waals surface area (Å²) in [5.41, 5.74) is 5.76. The highest BCUT2D eigenvalue weighted by atomic mass is 35.5. The Kier molecular flexibility index (Phi) is 7.41. The Morgan fingerprint density at radius 3 is 2.70 bits per heavy atom. The van der Waals surface area contributed by atoms with E-state index in [9.17, 15) is 4.79 Å². The number of para-hydroxylation sites is 1. The highest BCUT2D eigenvalue weighted by Crippen LogP contribution is 2.24. The summed E-state index contributed by atoms with van der Waals surface area (Å²) in [6, 6.07) is 6.86. The standard InChI is InChI=1S/C15H23ClN2O2/c1-3-7-13(17)15(19)18-10-11(4-2)20-14-9-6-5-8-12(14)16/h5-6,8-9,11,13H,3-4,7,10,17H2,1-2H3,(H,18,19). The van der Waals surface area contributed by atoms with Crippen molar-refractivity contribution in [3.8, 4) is 5.75 Å². The third-order valence-electron chi connectivity index (χ3n) is 3.03. The monoisotopic (exact) mass is 298 g/mol. The van der Waals surface area contributed by atoms with Gasteiger partial charge in [0.15, 0.2) is 0 Å². The number of amides is 1. The number of halogens is 1. The fourth-order valence-electron chi connectivity index (χ4n) is 1.78. The van der Waals surface area contributed by atoms with Gasteiger partial charge in [-0.15, -0.1) is 0 Å². The lowest BCUT2D eigenvalue weighted by Gasteiger charge is -2.20. The number of nitrogens with one attached hydrogen (secondary N) is 1. The van der Waals surface area contributed by atoms with Crippen molar-refractivity contribution in [2.45, 2.75) is 45.3 Å². The second kappa shape index (κ2) is 8.82. The summed E-state index contributed by atoms with van der Waals surface area (Å²) in [5, 5.41) is 3.40. The van der Waals surface area contributed by atoms with Gasteiger partial charge in [-0.3, -0.25) is 4.79 Å². The Morgan fingerprint density at radius 2 is 2.10 bits per heavy atom. The second-order valence-electron chi connectivity index (χ2n) is 4.72. The van der Waals surface area contributed by atoms with E-state index in [0.717, 1.165) is 12.8 Å². The third kappa shape index (κ3) is 5.39. The van der Waals surface area contributed by atoms with Crippen LogP contribution in [-0.2, 0) is 4.79 Å². The van der Waals surface area contributed by atoms with Gasteiger partial charge in [-0.25, -0.2) is 0 Å². The molecule has 0 radical (unpaired) electrons. The number of hydrogen-bond donors (Lipinski definition) is 2. The lowest BCUT2D eigenvalue weighted by molar-refractivity contribution is -0.122. The minimum Gasteiger partial charge on any atom is -0.487 e. The zero-order valence-electron chi connectivity index (χ0n) is 12.1. The maximum atomic E-state index is 11.8. The second-order valence-corrected chi connectivity index (χ2v) is 5.13. The smallest absolute Gasteiger partial charge is 0.237 e. The van der Waals surface area contributed by atoms with E-state index in [1.54, 1.807) is 6.07 Å². The normalized spacial score (nSPS) is 13.6. The van der Waals surface area contributed by atoms with Gasteiger partial charge in [0.05, 0.1) is 17.6 Å². The Labute approximate surface area is 125 Å². The molecule has 0 saturated carbocycles. The zero-order valence-corrected chi connectivity index (χ0v) is 12.8. The van der Waals surface area contributed by atoms with Gasteiger partial charge >= 0.3 is 0 Å². The quantitative estimate of drug-likeness (QED) is 0.775. The zero-order chi connectivity index (χ0) is 15.0. The SMILES string of the molecule is CCCC(N)C(=O)NCC(CC)Oc1ccccc1Cl. The molecule has 0 aromatic heterocycles. The van der Waals surface area contributed by atoms with Gasteiger partial charge in [-0.05, 0) is 25.0 Å². The molecule has 0 bridgehead atoms. The Morgan fingerprint density at radius 1 is 1.40 bits per heavy atom. The Balaban J connectivity index is 2.48. The van der Waals surface area contributed by atoms with Crippen molar-refractivity contribution in [3.05, 3.63) is 29.3 Å². The Bertz CT molecular complexity index is 426. The first kappa shape index (κ1) is 16.8. The average molecular weight is 299 g/mol. The van der Waals surface area contributed by atoms with Crippen molar-refractivity contribution in [2.24, 2.45) is 5.73 Å². The molecule has 2 atom stereocenters. The highest BCUT2D eigenvalue weighted by Gasteiger charge is 2.15. The van der Waals surface area contributed by atoms with Crippen LogP contribution in [0.5, 0.6) is 5.75 Å². The van der Waals surface area contributed by atoms with Gasteiger partial charge in [-0.1, -0.05) is 44.0 Å². The van der Waals surface area contributed by atoms with E-state index in [2.05, 4.69) is 5.32 Å². The van der Waals surface area contributed by atoms with Crippen molar-refractivity contribution >= 4 is 17.5 Å². The lowest BCUT2D eigenvalue weighted by Crippen LogP contribution is -2.44. The van der Waals surface area contributed by atoms with E-state index in [1.165, 1.54) is 0 Å². The largest absolute Gasteiger partial charge is 0.487 e. The molecule has 0 aliphatic heterocycles. The molecule has 20 heavy (non-hydrogen) atoms. The van der Waals surface area contributed by atoms with Crippen molar-refractivity contribution < 1.29 is 9.53 Å². The predicted molar refractivity (Wildman–Crippen MR) is 82.1 cm³/mol. The molecule has 2 unspecified atom stereocenters. The molecule has 1 amide bonds.